The molecule has 0 radical (unpaired) electrons. The number of nitrogens with zero attached hydrogens (tertiary/aromatic N) is 1. The van der Waals surface area contributed by atoms with Crippen LogP contribution in [0, 0.1) is 0 Å². The number of rotatable bonds is 10. The maximum absolute atomic E-state index is 8.71. The fourth-order valence-electron chi connectivity index (χ4n) is 1.45. The molecule has 0 saturated heterocycles. The molecule has 0 spiro atoms. The van der Waals surface area contributed by atoms with E-state index >= 15 is 0 Å². The van der Waals surface area contributed by atoms with E-state index in [4.69, 9.17) is 9.84 Å². The average molecular weight is 218 g/mol. The molecule has 0 aromatic heterocycles. The Bertz CT molecular complexity index is 122. The normalized spacial score (nSPS) is 13.4. The molecule has 0 rings (SSSR count). The van der Waals surface area contributed by atoms with E-state index < -0.39 is 0 Å². The lowest BCUT2D eigenvalue weighted by molar-refractivity contribution is 0.0306. The van der Waals surface area contributed by atoms with Crippen LogP contribution in [0.5, 0.6) is 0 Å². The Balaban J connectivity index is 3.63. The zero-order chi connectivity index (χ0) is 11.5. The van der Waals surface area contributed by atoms with E-state index in [9.17, 15) is 0 Å². The molecule has 0 heterocycles. The van der Waals surface area contributed by atoms with E-state index in [-0.39, 0.29) is 6.61 Å². The third-order valence-electron chi connectivity index (χ3n) is 2.21. The Morgan fingerprint density at radius 2 is 2.07 bits per heavy atom. The number of unbranched alkanes of at least 4 members (excludes halogenated alkanes) is 1. The van der Waals surface area contributed by atoms with Crippen molar-refractivity contribution < 1.29 is 9.84 Å². The van der Waals surface area contributed by atoms with Crippen molar-refractivity contribution in [3.63, 3.8) is 0 Å². The van der Waals surface area contributed by atoms with E-state index in [1.165, 1.54) is 0 Å². The Kier molecular flexibility index (Phi) is 10.3. The van der Waals surface area contributed by atoms with Crippen LogP contribution in [0.2, 0.25) is 0 Å². The van der Waals surface area contributed by atoms with E-state index in [1.54, 1.807) is 0 Å². The van der Waals surface area contributed by atoms with Gasteiger partial charge in [0, 0.05) is 19.7 Å². The summed E-state index contributed by atoms with van der Waals surface area (Å²) in [6.45, 7) is 2.89. The van der Waals surface area contributed by atoms with Crippen LogP contribution in [-0.2, 0) is 4.74 Å². The van der Waals surface area contributed by atoms with Crippen molar-refractivity contribution in [3.05, 3.63) is 0 Å². The van der Waals surface area contributed by atoms with Gasteiger partial charge in [-0.25, -0.2) is 0 Å². The van der Waals surface area contributed by atoms with Crippen LogP contribution in [0.4, 0.5) is 0 Å². The molecule has 0 aliphatic carbocycles. The standard InChI is InChI=1S/C11H26N2O2/c1-12-7-9-15-11(10-13(2)3)6-4-5-8-14/h11-12,14H,4-10H2,1-3H3. The lowest BCUT2D eigenvalue weighted by Gasteiger charge is -2.21. The number of hydrogen-bond acceptors (Lipinski definition) is 4. The van der Waals surface area contributed by atoms with Crippen molar-refractivity contribution in [2.45, 2.75) is 25.4 Å². The molecule has 0 aliphatic rings. The molecule has 0 bridgehead atoms. The van der Waals surface area contributed by atoms with Crippen LogP contribution >= 0.6 is 0 Å². The van der Waals surface area contributed by atoms with E-state index in [1.807, 2.05) is 7.05 Å². The fraction of sp³-hybridized carbons (Fsp3) is 1.00. The second kappa shape index (κ2) is 10.4. The quantitative estimate of drug-likeness (QED) is 0.518. The van der Waals surface area contributed by atoms with Crippen LogP contribution in [-0.4, -0.2) is 63.6 Å². The molecule has 0 fully saturated rings. The largest absolute Gasteiger partial charge is 0.396 e. The van der Waals surface area contributed by atoms with Gasteiger partial charge in [0.25, 0.3) is 0 Å². The third kappa shape index (κ3) is 10.1. The van der Waals surface area contributed by atoms with Gasteiger partial charge < -0.3 is 20.1 Å². The summed E-state index contributed by atoms with van der Waals surface area (Å²) >= 11 is 0. The zero-order valence-electron chi connectivity index (χ0n) is 10.3. The first kappa shape index (κ1) is 14.8. The van der Waals surface area contributed by atoms with Crippen molar-refractivity contribution in [1.82, 2.24) is 10.2 Å². The second-order valence-corrected chi connectivity index (χ2v) is 4.08. The van der Waals surface area contributed by atoms with Gasteiger partial charge in [-0.05, 0) is 40.4 Å². The van der Waals surface area contributed by atoms with Crippen LogP contribution in [0.3, 0.4) is 0 Å². The number of nitrogens with one attached hydrogen (secondary N) is 1. The highest BCUT2D eigenvalue weighted by Crippen LogP contribution is 2.05. The number of ether oxygens (including phenoxy) is 1. The Morgan fingerprint density at radius 1 is 1.33 bits per heavy atom. The Morgan fingerprint density at radius 3 is 2.60 bits per heavy atom. The summed E-state index contributed by atoms with van der Waals surface area (Å²) in [6, 6.07) is 0. The van der Waals surface area contributed by atoms with Crippen molar-refractivity contribution in [1.29, 1.82) is 0 Å². The minimum atomic E-state index is 0.283. The van der Waals surface area contributed by atoms with E-state index in [2.05, 4.69) is 24.3 Å². The first-order chi connectivity index (χ1) is 7.20. The number of aliphatic hydroxyl groups is 1. The van der Waals surface area contributed by atoms with Crippen molar-refractivity contribution in [2.24, 2.45) is 0 Å². The first-order valence-corrected chi connectivity index (χ1v) is 5.72. The van der Waals surface area contributed by atoms with Crippen molar-refractivity contribution in [2.75, 3.05) is 47.4 Å². The van der Waals surface area contributed by atoms with Crippen LogP contribution in [0.15, 0.2) is 0 Å². The van der Waals surface area contributed by atoms with Gasteiger partial charge in [0.05, 0.1) is 12.7 Å². The number of likely N-dealkylation sites (N-methyl/N-ethyl adjacent to an activating group) is 2. The molecular weight excluding hydrogens is 192 g/mol. The van der Waals surface area contributed by atoms with Crippen LogP contribution < -0.4 is 5.32 Å². The summed E-state index contributed by atoms with van der Waals surface area (Å²) in [6.07, 6.45) is 3.23. The lowest BCUT2D eigenvalue weighted by Crippen LogP contribution is -2.30. The summed E-state index contributed by atoms with van der Waals surface area (Å²) in [5, 5.41) is 11.8. The monoisotopic (exact) mass is 218 g/mol. The van der Waals surface area contributed by atoms with Crippen molar-refractivity contribution in [3.8, 4) is 0 Å². The minimum absolute atomic E-state index is 0.283. The highest BCUT2D eigenvalue weighted by molar-refractivity contribution is 4.62. The topological polar surface area (TPSA) is 44.7 Å². The maximum Gasteiger partial charge on any atom is 0.0702 e. The molecule has 0 amide bonds. The summed E-state index contributed by atoms with van der Waals surface area (Å²) < 4.78 is 5.75. The van der Waals surface area contributed by atoms with Gasteiger partial charge in [0.1, 0.15) is 0 Å². The number of aliphatic hydroxyl groups excluding tert-OH is 1. The molecule has 0 aliphatic heterocycles. The Hall–Kier alpha value is -0.160. The molecule has 4 heteroatoms. The first-order valence-electron chi connectivity index (χ1n) is 5.72. The third-order valence-corrected chi connectivity index (χ3v) is 2.21. The summed E-state index contributed by atoms with van der Waals surface area (Å²) in [5.74, 6) is 0. The van der Waals surface area contributed by atoms with Gasteiger partial charge in [-0.2, -0.15) is 0 Å². The van der Waals surface area contributed by atoms with Crippen LogP contribution in [0.1, 0.15) is 19.3 Å². The highest BCUT2D eigenvalue weighted by atomic mass is 16.5. The predicted molar refractivity (Wildman–Crippen MR) is 63.2 cm³/mol. The van der Waals surface area contributed by atoms with Crippen molar-refractivity contribution >= 4 is 0 Å². The molecule has 15 heavy (non-hydrogen) atoms. The van der Waals surface area contributed by atoms with E-state index in [0.29, 0.717) is 6.10 Å². The molecule has 0 saturated carbocycles. The number of hydrogen-bond donors (Lipinski definition) is 2. The SMILES string of the molecule is CNCCOC(CCCCO)CN(C)C. The van der Waals surface area contributed by atoms with E-state index in [0.717, 1.165) is 39.0 Å². The fourth-order valence-corrected chi connectivity index (χ4v) is 1.45. The molecule has 0 aromatic carbocycles. The molecule has 0 aromatic rings. The van der Waals surface area contributed by atoms with Gasteiger partial charge in [0.2, 0.25) is 0 Å². The summed E-state index contributed by atoms with van der Waals surface area (Å²) in [4.78, 5) is 2.14. The minimum Gasteiger partial charge on any atom is -0.396 e. The predicted octanol–water partition coefficient (Wildman–Crippen LogP) is 0.315. The maximum atomic E-state index is 8.71. The average Bonchev–Trinajstić information content (AvgIpc) is 2.17. The molecule has 92 valence electrons. The molecule has 2 N–H and O–H groups in total. The highest BCUT2D eigenvalue weighted by Gasteiger charge is 2.09. The molecular formula is C11H26N2O2. The van der Waals surface area contributed by atoms with Gasteiger partial charge >= 0.3 is 0 Å². The molecule has 4 nitrogen and oxygen atoms in total. The zero-order valence-corrected chi connectivity index (χ0v) is 10.3. The lowest BCUT2D eigenvalue weighted by atomic mass is 10.1. The smallest absolute Gasteiger partial charge is 0.0702 e. The molecule has 1 atom stereocenters. The Labute approximate surface area is 93.6 Å². The van der Waals surface area contributed by atoms with Gasteiger partial charge in [-0.1, -0.05) is 0 Å². The van der Waals surface area contributed by atoms with Gasteiger partial charge in [-0.15, -0.1) is 0 Å². The van der Waals surface area contributed by atoms with Gasteiger partial charge in [-0.3, -0.25) is 0 Å². The van der Waals surface area contributed by atoms with Gasteiger partial charge in [0.15, 0.2) is 0 Å². The summed E-state index contributed by atoms with van der Waals surface area (Å²) in [7, 11) is 6.04. The second-order valence-electron chi connectivity index (χ2n) is 4.08. The van der Waals surface area contributed by atoms with Crippen LogP contribution in [0.25, 0.3) is 0 Å². The molecule has 1 unspecified atom stereocenters. The summed E-state index contributed by atoms with van der Waals surface area (Å²) in [5.41, 5.74) is 0.